The zero-order chi connectivity index (χ0) is 15.6. The van der Waals surface area contributed by atoms with Crippen LogP contribution in [0, 0.1) is 5.82 Å². The van der Waals surface area contributed by atoms with Crippen LogP contribution in [0.5, 0.6) is 0 Å². The van der Waals surface area contributed by atoms with Gasteiger partial charge >= 0.3 is 0 Å². The summed E-state index contributed by atoms with van der Waals surface area (Å²) >= 11 is 5.99. The molecule has 0 atom stereocenters. The van der Waals surface area contributed by atoms with E-state index in [1.807, 2.05) is 6.92 Å². The Balaban J connectivity index is 2.46. The first-order chi connectivity index (χ1) is 9.82. The van der Waals surface area contributed by atoms with Gasteiger partial charge in [-0.15, -0.1) is 0 Å². The van der Waals surface area contributed by atoms with Crippen molar-refractivity contribution in [3.8, 4) is 0 Å². The van der Waals surface area contributed by atoms with Gasteiger partial charge in [0.25, 0.3) is 9.05 Å². The summed E-state index contributed by atoms with van der Waals surface area (Å²) < 4.78 is 38.1. The fourth-order valence-electron chi connectivity index (χ4n) is 1.96. The maximum atomic E-state index is 13.8. The monoisotopic (exact) mass is 350 g/mol. The molecule has 2 rings (SSSR count). The first kappa shape index (κ1) is 16.3. The number of halogens is 3. The van der Waals surface area contributed by atoms with Crippen LogP contribution < -0.4 is 0 Å². The highest BCUT2D eigenvalue weighted by atomic mass is 35.7. The summed E-state index contributed by atoms with van der Waals surface area (Å²) in [5.41, 5.74) is 0.285. The second-order valence-electron chi connectivity index (χ2n) is 4.51. The second-order valence-corrected chi connectivity index (χ2v) is 7.43. The molecule has 0 radical (unpaired) electrons. The van der Waals surface area contributed by atoms with Gasteiger partial charge < -0.3 is 4.57 Å². The van der Waals surface area contributed by atoms with Crippen molar-refractivity contribution in [2.75, 3.05) is 0 Å². The maximum absolute atomic E-state index is 13.8. The molecule has 0 bridgehead atoms. The lowest BCUT2D eigenvalue weighted by molar-refractivity contribution is 0.593. The van der Waals surface area contributed by atoms with Gasteiger partial charge in [0.05, 0.1) is 6.54 Å². The molecule has 8 heteroatoms. The van der Waals surface area contributed by atoms with E-state index in [0.29, 0.717) is 12.2 Å². The summed E-state index contributed by atoms with van der Waals surface area (Å²) in [4.78, 5) is 4.00. The topological polar surface area (TPSA) is 52.0 Å². The molecule has 0 aliphatic carbocycles. The minimum atomic E-state index is -3.92. The van der Waals surface area contributed by atoms with Crippen molar-refractivity contribution in [1.82, 2.24) is 9.55 Å². The standard InChI is InChI=1S/C13H13Cl2FN2O2S/c1-2-4-12-17-13(21(15,19)20)8-18(12)7-9-10(14)5-3-6-11(9)16/h3,5-6,8H,2,4,7H2,1H3. The highest BCUT2D eigenvalue weighted by molar-refractivity contribution is 8.13. The van der Waals surface area contributed by atoms with Crippen molar-refractivity contribution in [3.05, 3.63) is 46.6 Å². The molecule has 1 aromatic heterocycles. The van der Waals surface area contributed by atoms with Crippen LogP contribution in [0.1, 0.15) is 24.7 Å². The highest BCUT2D eigenvalue weighted by Crippen LogP contribution is 2.22. The van der Waals surface area contributed by atoms with Gasteiger partial charge in [-0.25, -0.2) is 17.8 Å². The number of imidazole rings is 1. The van der Waals surface area contributed by atoms with Gasteiger partial charge in [0, 0.05) is 33.9 Å². The van der Waals surface area contributed by atoms with Crippen molar-refractivity contribution in [3.63, 3.8) is 0 Å². The first-order valence-corrected chi connectivity index (χ1v) is 8.95. The van der Waals surface area contributed by atoms with E-state index in [1.165, 1.54) is 18.3 Å². The summed E-state index contributed by atoms with van der Waals surface area (Å²) in [6.07, 6.45) is 2.62. The van der Waals surface area contributed by atoms with Gasteiger partial charge in [-0.05, 0) is 18.6 Å². The fourth-order valence-corrected chi connectivity index (χ4v) is 2.87. The van der Waals surface area contributed by atoms with E-state index in [0.717, 1.165) is 6.42 Å². The lowest BCUT2D eigenvalue weighted by atomic mass is 10.2. The Morgan fingerprint density at radius 3 is 2.67 bits per heavy atom. The third kappa shape index (κ3) is 3.75. The van der Waals surface area contributed by atoms with Gasteiger partial charge in [-0.2, -0.15) is 0 Å². The Morgan fingerprint density at radius 2 is 2.10 bits per heavy atom. The molecule has 0 spiro atoms. The van der Waals surface area contributed by atoms with Crippen molar-refractivity contribution < 1.29 is 12.8 Å². The van der Waals surface area contributed by atoms with Crippen LogP contribution in [0.2, 0.25) is 5.02 Å². The van der Waals surface area contributed by atoms with E-state index >= 15 is 0 Å². The molecule has 0 N–H and O–H groups in total. The zero-order valence-corrected chi connectivity index (χ0v) is 13.5. The first-order valence-electron chi connectivity index (χ1n) is 6.26. The van der Waals surface area contributed by atoms with Gasteiger partial charge in [0.2, 0.25) is 0 Å². The smallest absolute Gasteiger partial charge is 0.280 e. The average Bonchev–Trinajstić information content (AvgIpc) is 2.78. The normalized spacial score (nSPS) is 11.8. The van der Waals surface area contributed by atoms with Crippen molar-refractivity contribution in [1.29, 1.82) is 0 Å². The number of aryl methyl sites for hydroxylation is 1. The molecule has 4 nitrogen and oxygen atoms in total. The van der Waals surface area contributed by atoms with Crippen LogP contribution in [0.4, 0.5) is 4.39 Å². The molecule has 1 heterocycles. The fraction of sp³-hybridized carbons (Fsp3) is 0.308. The molecule has 0 amide bonds. The minimum absolute atomic E-state index is 0.0975. The third-order valence-corrected chi connectivity index (χ3v) is 4.48. The molecule has 0 aliphatic heterocycles. The molecule has 0 unspecified atom stereocenters. The van der Waals surface area contributed by atoms with Crippen molar-refractivity contribution in [2.24, 2.45) is 0 Å². The minimum Gasteiger partial charge on any atom is -0.329 e. The maximum Gasteiger partial charge on any atom is 0.280 e. The molecule has 114 valence electrons. The summed E-state index contributed by atoms with van der Waals surface area (Å²) in [5.74, 6) is 0.0740. The average molecular weight is 351 g/mol. The predicted molar refractivity (Wildman–Crippen MR) is 79.8 cm³/mol. The van der Waals surface area contributed by atoms with Gasteiger partial charge in [-0.3, -0.25) is 0 Å². The Morgan fingerprint density at radius 1 is 1.38 bits per heavy atom. The predicted octanol–water partition coefficient (Wildman–Crippen LogP) is 3.60. The van der Waals surface area contributed by atoms with E-state index in [-0.39, 0.29) is 22.2 Å². The highest BCUT2D eigenvalue weighted by Gasteiger charge is 2.19. The largest absolute Gasteiger partial charge is 0.329 e. The molecule has 0 aliphatic rings. The number of benzene rings is 1. The molecule has 0 saturated heterocycles. The Hall–Kier alpha value is -1.11. The third-order valence-electron chi connectivity index (χ3n) is 2.95. The number of rotatable bonds is 5. The molecular formula is C13H13Cl2FN2O2S. The second kappa shape index (κ2) is 6.34. The summed E-state index contributed by atoms with van der Waals surface area (Å²) in [6.45, 7) is 2.03. The molecule has 1 aromatic carbocycles. The number of aromatic nitrogens is 2. The van der Waals surface area contributed by atoms with Gasteiger partial charge in [-0.1, -0.05) is 24.6 Å². The number of nitrogens with zero attached hydrogens (tertiary/aromatic N) is 2. The van der Waals surface area contributed by atoms with Crippen LogP contribution in [-0.4, -0.2) is 18.0 Å². The van der Waals surface area contributed by atoms with E-state index in [2.05, 4.69) is 4.98 Å². The van der Waals surface area contributed by atoms with E-state index in [1.54, 1.807) is 10.6 Å². The summed E-state index contributed by atoms with van der Waals surface area (Å²) in [7, 11) is 1.38. The summed E-state index contributed by atoms with van der Waals surface area (Å²) in [5, 5.41) is 0.0431. The van der Waals surface area contributed by atoms with Crippen LogP contribution in [0.15, 0.2) is 29.4 Å². The van der Waals surface area contributed by atoms with Crippen molar-refractivity contribution in [2.45, 2.75) is 31.3 Å². The Kier molecular flexibility index (Phi) is 4.91. The number of hydrogen-bond donors (Lipinski definition) is 0. The zero-order valence-electron chi connectivity index (χ0n) is 11.2. The molecule has 0 saturated carbocycles. The van der Waals surface area contributed by atoms with Crippen molar-refractivity contribution >= 4 is 31.3 Å². The quantitative estimate of drug-likeness (QED) is 0.774. The van der Waals surface area contributed by atoms with Crippen LogP contribution in [0.25, 0.3) is 0 Å². The van der Waals surface area contributed by atoms with E-state index in [4.69, 9.17) is 22.3 Å². The van der Waals surface area contributed by atoms with Crippen LogP contribution >= 0.6 is 22.3 Å². The molecular weight excluding hydrogens is 338 g/mol. The summed E-state index contributed by atoms with van der Waals surface area (Å²) in [6, 6.07) is 4.39. The number of hydrogen-bond acceptors (Lipinski definition) is 3. The molecule has 21 heavy (non-hydrogen) atoms. The van der Waals surface area contributed by atoms with Crippen LogP contribution in [0.3, 0.4) is 0 Å². The van der Waals surface area contributed by atoms with E-state index < -0.39 is 14.9 Å². The Labute approximate surface area is 131 Å². The lowest BCUT2D eigenvalue weighted by Gasteiger charge is -2.09. The van der Waals surface area contributed by atoms with Gasteiger partial charge in [0.15, 0.2) is 5.03 Å². The molecule has 0 fully saturated rings. The Bertz CT molecular complexity index is 739. The SMILES string of the molecule is CCCc1nc(S(=O)(=O)Cl)cn1Cc1c(F)cccc1Cl. The lowest BCUT2D eigenvalue weighted by Crippen LogP contribution is -2.06. The van der Waals surface area contributed by atoms with Gasteiger partial charge in [0.1, 0.15) is 11.6 Å². The van der Waals surface area contributed by atoms with E-state index in [9.17, 15) is 12.8 Å². The van der Waals surface area contributed by atoms with Crippen LogP contribution in [-0.2, 0) is 22.0 Å². The molecule has 2 aromatic rings.